The summed E-state index contributed by atoms with van der Waals surface area (Å²) < 4.78 is 0. The lowest BCUT2D eigenvalue weighted by Gasteiger charge is -2.20. The zero-order valence-corrected chi connectivity index (χ0v) is 14.9. The largest absolute Gasteiger partial charge is 0.339 e. The predicted molar refractivity (Wildman–Crippen MR) is 103 cm³/mol. The minimum atomic E-state index is 0.0436. The van der Waals surface area contributed by atoms with E-state index in [0.717, 1.165) is 18.8 Å². The highest BCUT2D eigenvalue weighted by molar-refractivity contribution is 5.94. The van der Waals surface area contributed by atoms with Crippen LogP contribution >= 0.6 is 0 Å². The summed E-state index contributed by atoms with van der Waals surface area (Å²) in [5.74, 6) is 1.22. The van der Waals surface area contributed by atoms with Crippen molar-refractivity contribution in [2.45, 2.75) is 20.4 Å². The van der Waals surface area contributed by atoms with Crippen LogP contribution in [0.1, 0.15) is 29.8 Å². The summed E-state index contributed by atoms with van der Waals surface area (Å²) in [7, 11) is 0. The summed E-state index contributed by atoms with van der Waals surface area (Å²) in [5, 5.41) is 11.4. The number of Topliss-reactive ketones (excluding diaryl/α,β-unsaturated/α-hetero) is 1. The molecule has 0 bridgehead atoms. The molecule has 1 heterocycles. The van der Waals surface area contributed by atoms with Crippen LogP contribution in [-0.2, 0) is 6.54 Å². The van der Waals surface area contributed by atoms with E-state index in [1.165, 1.54) is 5.56 Å². The zero-order valence-electron chi connectivity index (χ0n) is 14.9. The first-order valence-corrected chi connectivity index (χ1v) is 8.52. The van der Waals surface area contributed by atoms with Gasteiger partial charge in [-0.3, -0.25) is 4.79 Å². The maximum absolute atomic E-state index is 11.4. The monoisotopic (exact) mass is 347 g/mol. The Balaban J connectivity index is 1.75. The highest BCUT2D eigenvalue weighted by Crippen LogP contribution is 2.18. The van der Waals surface area contributed by atoms with Crippen LogP contribution in [-0.4, -0.2) is 27.5 Å². The molecule has 0 saturated heterocycles. The highest BCUT2D eigenvalue weighted by atomic mass is 16.1. The van der Waals surface area contributed by atoms with Crippen LogP contribution in [0, 0.1) is 0 Å². The van der Waals surface area contributed by atoms with E-state index < -0.39 is 0 Å². The third-order valence-electron chi connectivity index (χ3n) is 3.99. The standard InChI is InChI=1S/C20H21N5O/c1-3-25(14-16-7-5-4-6-8-16)20-23-19(13-21-24-20)22-18-11-9-17(10-12-18)15(2)26/h4-13H,3,14H2,1-2H3,(H,22,23,24). The van der Waals surface area contributed by atoms with Crippen LogP contribution in [0.2, 0.25) is 0 Å². The molecule has 132 valence electrons. The number of carbonyl (C=O) groups excluding carboxylic acids is 1. The molecule has 0 saturated carbocycles. The summed E-state index contributed by atoms with van der Waals surface area (Å²) >= 11 is 0. The summed E-state index contributed by atoms with van der Waals surface area (Å²) in [6.07, 6.45) is 1.58. The molecule has 0 aliphatic heterocycles. The van der Waals surface area contributed by atoms with Crippen molar-refractivity contribution in [3.05, 3.63) is 71.9 Å². The lowest BCUT2D eigenvalue weighted by atomic mass is 10.1. The molecule has 6 heteroatoms. The number of benzene rings is 2. The van der Waals surface area contributed by atoms with E-state index >= 15 is 0 Å². The van der Waals surface area contributed by atoms with E-state index in [1.807, 2.05) is 30.3 Å². The van der Waals surface area contributed by atoms with E-state index in [4.69, 9.17) is 0 Å². The fourth-order valence-corrected chi connectivity index (χ4v) is 2.55. The normalized spacial score (nSPS) is 10.4. The van der Waals surface area contributed by atoms with Crippen LogP contribution < -0.4 is 10.2 Å². The second-order valence-corrected chi connectivity index (χ2v) is 5.90. The molecule has 0 amide bonds. The SMILES string of the molecule is CCN(Cc1ccccc1)c1nncc(Nc2ccc(C(C)=O)cc2)n1. The van der Waals surface area contributed by atoms with Gasteiger partial charge in [0.2, 0.25) is 5.95 Å². The van der Waals surface area contributed by atoms with Gasteiger partial charge < -0.3 is 10.2 Å². The number of ketones is 1. The van der Waals surface area contributed by atoms with Crippen molar-refractivity contribution >= 4 is 23.2 Å². The molecule has 3 rings (SSSR count). The van der Waals surface area contributed by atoms with Gasteiger partial charge in [0.25, 0.3) is 0 Å². The quantitative estimate of drug-likeness (QED) is 0.655. The highest BCUT2D eigenvalue weighted by Gasteiger charge is 2.10. The van der Waals surface area contributed by atoms with Crippen LogP contribution in [0.3, 0.4) is 0 Å². The van der Waals surface area contributed by atoms with Gasteiger partial charge in [0, 0.05) is 24.3 Å². The lowest BCUT2D eigenvalue weighted by molar-refractivity contribution is 0.101. The third-order valence-corrected chi connectivity index (χ3v) is 3.99. The van der Waals surface area contributed by atoms with Gasteiger partial charge in [0.1, 0.15) is 0 Å². The number of hydrogen-bond donors (Lipinski definition) is 1. The Kier molecular flexibility index (Phi) is 5.53. The molecular weight excluding hydrogens is 326 g/mol. The Morgan fingerprint density at radius 3 is 2.46 bits per heavy atom. The molecule has 0 aliphatic rings. The van der Waals surface area contributed by atoms with Crippen LogP contribution in [0.15, 0.2) is 60.8 Å². The van der Waals surface area contributed by atoms with Gasteiger partial charge in [-0.15, -0.1) is 5.10 Å². The number of aromatic nitrogens is 3. The van der Waals surface area contributed by atoms with Crippen LogP contribution in [0.25, 0.3) is 0 Å². The second kappa shape index (κ2) is 8.20. The maximum Gasteiger partial charge on any atom is 0.247 e. The number of rotatable bonds is 7. The first-order chi connectivity index (χ1) is 12.7. The molecule has 0 spiro atoms. The van der Waals surface area contributed by atoms with Crippen molar-refractivity contribution in [2.75, 3.05) is 16.8 Å². The Morgan fingerprint density at radius 1 is 1.08 bits per heavy atom. The topological polar surface area (TPSA) is 71.0 Å². The van der Waals surface area contributed by atoms with E-state index in [9.17, 15) is 4.79 Å². The van der Waals surface area contributed by atoms with E-state index in [1.54, 1.807) is 25.3 Å². The molecular formula is C20H21N5O. The Morgan fingerprint density at radius 2 is 1.81 bits per heavy atom. The Hall–Kier alpha value is -3.28. The fourth-order valence-electron chi connectivity index (χ4n) is 2.55. The predicted octanol–water partition coefficient (Wildman–Crippen LogP) is 3.84. The van der Waals surface area contributed by atoms with Gasteiger partial charge >= 0.3 is 0 Å². The van der Waals surface area contributed by atoms with Gasteiger partial charge in [-0.25, -0.2) is 0 Å². The Labute approximate surface area is 152 Å². The number of nitrogens with one attached hydrogen (secondary N) is 1. The molecule has 0 fully saturated rings. The minimum Gasteiger partial charge on any atom is -0.339 e. The lowest BCUT2D eigenvalue weighted by Crippen LogP contribution is -2.24. The average molecular weight is 347 g/mol. The molecule has 26 heavy (non-hydrogen) atoms. The second-order valence-electron chi connectivity index (χ2n) is 5.90. The van der Waals surface area contributed by atoms with Crippen molar-refractivity contribution < 1.29 is 4.79 Å². The zero-order chi connectivity index (χ0) is 18.4. The van der Waals surface area contributed by atoms with Crippen LogP contribution in [0.5, 0.6) is 0 Å². The average Bonchev–Trinajstić information content (AvgIpc) is 2.67. The van der Waals surface area contributed by atoms with Crippen LogP contribution in [0.4, 0.5) is 17.5 Å². The Bertz CT molecular complexity index is 865. The van der Waals surface area contributed by atoms with Crippen molar-refractivity contribution in [1.82, 2.24) is 15.2 Å². The number of nitrogens with zero attached hydrogens (tertiary/aromatic N) is 4. The first kappa shape index (κ1) is 17.5. The van der Waals surface area contributed by atoms with E-state index in [-0.39, 0.29) is 5.78 Å². The molecule has 3 aromatic rings. The van der Waals surface area contributed by atoms with E-state index in [0.29, 0.717) is 17.3 Å². The summed E-state index contributed by atoms with van der Waals surface area (Å²) in [6.45, 7) is 5.10. The number of anilines is 3. The van der Waals surface area contributed by atoms with Crippen molar-refractivity contribution in [1.29, 1.82) is 0 Å². The third kappa shape index (κ3) is 4.42. The van der Waals surface area contributed by atoms with Crippen molar-refractivity contribution in [3.8, 4) is 0 Å². The molecule has 2 aromatic carbocycles. The molecule has 6 nitrogen and oxygen atoms in total. The molecule has 0 aliphatic carbocycles. The molecule has 0 unspecified atom stereocenters. The summed E-state index contributed by atoms with van der Waals surface area (Å²) in [5.41, 5.74) is 2.71. The van der Waals surface area contributed by atoms with Gasteiger partial charge in [0.05, 0.1) is 6.20 Å². The minimum absolute atomic E-state index is 0.0436. The van der Waals surface area contributed by atoms with Gasteiger partial charge in [-0.1, -0.05) is 30.3 Å². The van der Waals surface area contributed by atoms with Gasteiger partial charge in [-0.05, 0) is 43.7 Å². The molecule has 0 atom stereocenters. The van der Waals surface area contributed by atoms with Crippen molar-refractivity contribution in [2.24, 2.45) is 0 Å². The smallest absolute Gasteiger partial charge is 0.247 e. The molecule has 1 aromatic heterocycles. The molecule has 0 radical (unpaired) electrons. The summed E-state index contributed by atoms with van der Waals surface area (Å²) in [6, 6.07) is 17.5. The summed E-state index contributed by atoms with van der Waals surface area (Å²) in [4.78, 5) is 18.0. The van der Waals surface area contributed by atoms with E-state index in [2.05, 4.69) is 44.5 Å². The molecule has 1 N–H and O–H groups in total. The van der Waals surface area contributed by atoms with Gasteiger partial charge in [-0.2, -0.15) is 10.1 Å². The number of carbonyl (C=O) groups is 1. The fraction of sp³-hybridized carbons (Fsp3) is 0.200. The maximum atomic E-state index is 11.4. The van der Waals surface area contributed by atoms with Crippen molar-refractivity contribution in [3.63, 3.8) is 0 Å². The number of hydrogen-bond acceptors (Lipinski definition) is 6. The van der Waals surface area contributed by atoms with Gasteiger partial charge in [0.15, 0.2) is 11.6 Å². The first-order valence-electron chi connectivity index (χ1n) is 8.52.